The Bertz CT molecular complexity index is 449. The first kappa shape index (κ1) is 18.3. The second-order valence-electron chi connectivity index (χ2n) is 5.07. The number of thioether (sulfide) groups is 1. The summed E-state index contributed by atoms with van der Waals surface area (Å²) in [5.74, 6) is 0. The summed E-state index contributed by atoms with van der Waals surface area (Å²) in [5, 5.41) is 12.3. The Hall–Kier alpha value is -0.720. The molecule has 0 saturated heterocycles. The second kappa shape index (κ2) is 8.06. The van der Waals surface area contributed by atoms with Gasteiger partial charge in [0.15, 0.2) is 0 Å². The number of hydrogen-bond acceptors (Lipinski definition) is 3. The van der Waals surface area contributed by atoms with E-state index in [-0.39, 0.29) is 10.1 Å². The molecule has 1 aromatic rings. The first-order chi connectivity index (χ1) is 9.75. The average Bonchev–Trinajstić information content (AvgIpc) is 2.39. The van der Waals surface area contributed by atoms with E-state index in [9.17, 15) is 18.3 Å². The van der Waals surface area contributed by atoms with Crippen molar-refractivity contribution in [2.75, 3.05) is 6.54 Å². The molecule has 0 bridgehead atoms. The number of hydrogen-bond donors (Lipinski definition) is 2. The fraction of sp³-hybridized carbons (Fsp3) is 0.600. The van der Waals surface area contributed by atoms with Gasteiger partial charge in [-0.25, -0.2) is 0 Å². The van der Waals surface area contributed by atoms with Gasteiger partial charge in [-0.15, -0.1) is 11.8 Å². The summed E-state index contributed by atoms with van der Waals surface area (Å²) in [6, 6.07) is 4.39. The van der Waals surface area contributed by atoms with E-state index in [0.717, 1.165) is 24.7 Å². The van der Waals surface area contributed by atoms with E-state index in [1.165, 1.54) is 12.1 Å². The van der Waals surface area contributed by atoms with Crippen LogP contribution in [0, 0.1) is 0 Å². The van der Waals surface area contributed by atoms with Crippen LogP contribution in [0.3, 0.4) is 0 Å². The summed E-state index contributed by atoms with van der Waals surface area (Å²) in [5.41, 5.74) is -0.0133. The molecule has 120 valence electrons. The number of alkyl halides is 3. The largest absolute Gasteiger partial charge is 0.417 e. The van der Waals surface area contributed by atoms with E-state index >= 15 is 0 Å². The fourth-order valence-corrected chi connectivity index (χ4v) is 2.77. The van der Waals surface area contributed by atoms with Crippen LogP contribution in [0.4, 0.5) is 13.2 Å². The summed E-state index contributed by atoms with van der Waals surface area (Å²) in [4.78, 5) is 0.162. The first-order valence-corrected chi connectivity index (χ1v) is 7.89. The molecule has 0 saturated carbocycles. The van der Waals surface area contributed by atoms with Gasteiger partial charge >= 0.3 is 6.18 Å². The number of halogens is 3. The molecule has 1 aromatic carbocycles. The van der Waals surface area contributed by atoms with Gasteiger partial charge in [0.2, 0.25) is 0 Å². The minimum absolute atomic E-state index is 0.162. The molecule has 2 nitrogen and oxygen atoms in total. The van der Waals surface area contributed by atoms with Crippen molar-refractivity contribution in [2.24, 2.45) is 0 Å². The van der Waals surface area contributed by atoms with Crippen molar-refractivity contribution in [1.29, 1.82) is 0 Å². The molecule has 0 aromatic heterocycles. The first-order valence-electron chi connectivity index (χ1n) is 7.01. The molecular weight excluding hydrogens is 299 g/mol. The van der Waals surface area contributed by atoms with Crippen LogP contribution in [0.5, 0.6) is 0 Å². The highest BCUT2D eigenvalue weighted by Gasteiger charge is 2.34. The van der Waals surface area contributed by atoms with E-state index in [1.54, 1.807) is 19.9 Å². The lowest BCUT2D eigenvalue weighted by atomic mass is 10.1. The van der Waals surface area contributed by atoms with E-state index in [2.05, 4.69) is 5.32 Å². The standard InChI is InChI=1S/C15H22F3NOS/c1-4-7-19-9-12-5-6-14(21-11(3)10(2)20)13(8-12)15(16,17)18/h5-6,8,10-11,19-20H,4,7,9H2,1-3H3. The monoisotopic (exact) mass is 321 g/mol. The molecule has 0 amide bonds. The van der Waals surface area contributed by atoms with Crippen LogP contribution >= 0.6 is 11.8 Å². The van der Waals surface area contributed by atoms with Gasteiger partial charge in [0.25, 0.3) is 0 Å². The molecule has 2 atom stereocenters. The number of aliphatic hydroxyl groups excluding tert-OH is 1. The van der Waals surface area contributed by atoms with Gasteiger partial charge in [-0.3, -0.25) is 0 Å². The van der Waals surface area contributed by atoms with Gasteiger partial charge in [-0.2, -0.15) is 13.2 Å². The average molecular weight is 321 g/mol. The third-order valence-electron chi connectivity index (χ3n) is 3.10. The summed E-state index contributed by atoms with van der Waals surface area (Å²) >= 11 is 1.05. The molecule has 1 rings (SSSR count). The zero-order valence-corrected chi connectivity index (χ0v) is 13.3. The molecule has 0 spiro atoms. The Morgan fingerprint density at radius 2 is 1.95 bits per heavy atom. The molecule has 0 radical (unpaired) electrons. The SMILES string of the molecule is CCCNCc1ccc(SC(C)C(C)O)c(C(F)(F)F)c1. The Balaban J connectivity index is 2.97. The van der Waals surface area contributed by atoms with Crippen molar-refractivity contribution in [3.63, 3.8) is 0 Å². The van der Waals surface area contributed by atoms with Crippen LogP contribution in [0.2, 0.25) is 0 Å². The molecule has 21 heavy (non-hydrogen) atoms. The minimum atomic E-state index is -4.39. The molecular formula is C15H22F3NOS. The van der Waals surface area contributed by atoms with Gasteiger partial charge < -0.3 is 10.4 Å². The normalized spacial score (nSPS) is 15.0. The minimum Gasteiger partial charge on any atom is -0.392 e. The molecule has 2 N–H and O–H groups in total. The van der Waals surface area contributed by atoms with Crippen LogP contribution in [0.15, 0.2) is 23.1 Å². The second-order valence-corrected chi connectivity index (χ2v) is 6.49. The van der Waals surface area contributed by atoms with Crippen molar-refractivity contribution in [2.45, 2.75) is 56.2 Å². The van der Waals surface area contributed by atoms with Crippen LogP contribution in [0.1, 0.15) is 38.3 Å². The molecule has 0 fully saturated rings. The maximum atomic E-state index is 13.2. The van der Waals surface area contributed by atoms with Crippen LogP contribution in [0.25, 0.3) is 0 Å². The summed E-state index contributed by atoms with van der Waals surface area (Å²) in [6.45, 7) is 6.50. The lowest BCUT2D eigenvalue weighted by molar-refractivity contribution is -0.139. The molecule has 6 heteroatoms. The Labute approximate surface area is 128 Å². The summed E-state index contributed by atoms with van der Waals surface area (Å²) < 4.78 is 39.5. The fourth-order valence-electron chi connectivity index (χ4n) is 1.72. The Kier molecular flexibility index (Phi) is 7.03. The van der Waals surface area contributed by atoms with Crippen LogP contribution in [-0.4, -0.2) is 23.0 Å². The van der Waals surface area contributed by atoms with Gasteiger partial charge in [-0.1, -0.05) is 19.9 Å². The van der Waals surface area contributed by atoms with E-state index < -0.39 is 17.8 Å². The molecule has 0 aliphatic rings. The van der Waals surface area contributed by atoms with Crippen LogP contribution < -0.4 is 5.32 Å². The van der Waals surface area contributed by atoms with Gasteiger partial charge in [0.05, 0.1) is 11.7 Å². The van der Waals surface area contributed by atoms with Gasteiger partial charge in [0.1, 0.15) is 0 Å². The number of nitrogens with one attached hydrogen (secondary N) is 1. The lowest BCUT2D eigenvalue weighted by Crippen LogP contribution is -2.17. The Morgan fingerprint density at radius 3 is 2.48 bits per heavy atom. The van der Waals surface area contributed by atoms with E-state index in [4.69, 9.17) is 0 Å². The number of benzene rings is 1. The van der Waals surface area contributed by atoms with Gasteiger partial charge in [-0.05, 0) is 37.6 Å². The summed E-state index contributed by atoms with van der Waals surface area (Å²) in [6.07, 6.45) is -4.12. The lowest BCUT2D eigenvalue weighted by Gasteiger charge is -2.19. The number of rotatable bonds is 7. The maximum Gasteiger partial charge on any atom is 0.417 e. The zero-order valence-electron chi connectivity index (χ0n) is 12.5. The van der Waals surface area contributed by atoms with Crippen LogP contribution in [-0.2, 0) is 12.7 Å². The molecule has 0 heterocycles. The third-order valence-corrected chi connectivity index (χ3v) is 4.47. The highest BCUT2D eigenvalue weighted by molar-refractivity contribution is 8.00. The molecule has 0 aliphatic heterocycles. The maximum absolute atomic E-state index is 13.2. The highest BCUT2D eigenvalue weighted by atomic mass is 32.2. The Morgan fingerprint density at radius 1 is 1.29 bits per heavy atom. The zero-order chi connectivity index (χ0) is 16.0. The van der Waals surface area contributed by atoms with Gasteiger partial charge in [0, 0.05) is 16.7 Å². The third kappa shape index (κ3) is 5.88. The molecule has 2 unspecified atom stereocenters. The smallest absolute Gasteiger partial charge is 0.392 e. The molecule has 0 aliphatic carbocycles. The number of aliphatic hydroxyl groups is 1. The quantitative estimate of drug-likeness (QED) is 0.586. The van der Waals surface area contributed by atoms with Crippen molar-refractivity contribution in [3.05, 3.63) is 29.3 Å². The van der Waals surface area contributed by atoms with Crippen molar-refractivity contribution in [1.82, 2.24) is 5.32 Å². The topological polar surface area (TPSA) is 32.3 Å². The predicted molar refractivity (Wildman–Crippen MR) is 80.4 cm³/mol. The van der Waals surface area contributed by atoms with Crippen molar-refractivity contribution in [3.8, 4) is 0 Å². The van der Waals surface area contributed by atoms with Crippen molar-refractivity contribution >= 4 is 11.8 Å². The highest BCUT2D eigenvalue weighted by Crippen LogP contribution is 2.39. The van der Waals surface area contributed by atoms with E-state index in [1.807, 2.05) is 6.92 Å². The van der Waals surface area contributed by atoms with E-state index in [0.29, 0.717) is 12.1 Å². The van der Waals surface area contributed by atoms with Crippen molar-refractivity contribution < 1.29 is 18.3 Å². The predicted octanol–water partition coefficient (Wildman–Crippen LogP) is 4.07. The summed E-state index contributed by atoms with van der Waals surface area (Å²) in [7, 11) is 0.